The molecule has 0 amide bonds. The van der Waals surface area contributed by atoms with Crippen LogP contribution >= 0.6 is 0 Å². The Bertz CT molecular complexity index is 5350. The van der Waals surface area contributed by atoms with Gasteiger partial charge in [-0.25, -0.2) is 0 Å². The van der Waals surface area contributed by atoms with Gasteiger partial charge in [-0.15, -0.1) is 0 Å². The summed E-state index contributed by atoms with van der Waals surface area (Å²) >= 11 is 0. The van der Waals surface area contributed by atoms with Crippen molar-refractivity contribution in [2.24, 2.45) is 0 Å². The molecular weight excluding hydrogens is 1650 g/mol. The van der Waals surface area contributed by atoms with Crippen molar-refractivity contribution in [1.29, 1.82) is 31.6 Å². The lowest BCUT2D eigenvalue weighted by atomic mass is 10.0. The first-order valence-electron chi connectivity index (χ1n) is 47.5. The summed E-state index contributed by atoms with van der Waals surface area (Å²) in [6.07, 6.45) is 0. The van der Waals surface area contributed by atoms with Gasteiger partial charge >= 0.3 is 0 Å². The molecule has 0 spiro atoms. The average Bonchev–Trinajstić information content (AvgIpc) is 0.886. The maximum atomic E-state index is 8.63. The van der Waals surface area contributed by atoms with E-state index in [0.717, 1.165) is 27.8 Å². The van der Waals surface area contributed by atoms with E-state index in [-0.39, 0.29) is 0 Å². The normalized spacial score (nSPS) is 8.40. The molecule has 0 radical (unpaired) electrons. The Morgan fingerprint density at radius 3 is 0.544 bits per heavy atom. The van der Waals surface area contributed by atoms with Gasteiger partial charge in [-0.3, -0.25) is 0 Å². The van der Waals surface area contributed by atoms with Crippen molar-refractivity contribution in [2.75, 3.05) is 0 Å². The Morgan fingerprint density at radius 1 is 0.132 bits per heavy atom. The van der Waals surface area contributed by atoms with Crippen LogP contribution in [0.3, 0.4) is 0 Å². The fourth-order valence-electron chi connectivity index (χ4n) is 11.1. The number of nitrogens with zero attached hydrogens (tertiary/aromatic N) is 6. The minimum atomic E-state index is 0.443. The second-order valence-electron chi connectivity index (χ2n) is 28.0. The third-order valence-electron chi connectivity index (χ3n) is 17.5. The van der Waals surface area contributed by atoms with E-state index in [1.807, 2.05) is 314 Å². The summed E-state index contributed by atoms with van der Waals surface area (Å²) in [5, 5.41) is 51.1. The highest BCUT2D eigenvalue weighted by molar-refractivity contribution is 5.67. The Morgan fingerprint density at radius 2 is 0.338 bits per heavy atom. The zero-order chi connectivity index (χ0) is 103. The van der Waals surface area contributed by atoms with Gasteiger partial charge in [-0.2, -0.15) is 31.6 Å². The topological polar surface area (TPSA) is 143 Å². The molecule has 0 atom stereocenters. The van der Waals surface area contributed by atoms with Gasteiger partial charge in [0.05, 0.1) is 45.5 Å². The summed E-state index contributed by atoms with van der Waals surface area (Å²) in [7, 11) is 0. The second-order valence-corrected chi connectivity index (χ2v) is 28.0. The van der Waals surface area contributed by atoms with Gasteiger partial charge < -0.3 is 0 Å². The molecule has 0 unspecified atom stereocenters. The number of rotatable bonds is 4. The van der Waals surface area contributed by atoms with Crippen molar-refractivity contribution >= 4 is 0 Å². The Kier molecular flexibility index (Phi) is 81.5. The summed E-state index contributed by atoms with van der Waals surface area (Å²) in [4.78, 5) is 0. The second kappa shape index (κ2) is 87.4. The van der Waals surface area contributed by atoms with E-state index in [2.05, 4.69) is 310 Å². The molecule has 0 aliphatic rings. The summed E-state index contributed by atoms with van der Waals surface area (Å²) < 4.78 is 0. The van der Waals surface area contributed by atoms with E-state index in [1.54, 1.807) is 30.3 Å². The predicted molar refractivity (Wildman–Crippen MR) is 595 cm³/mol. The first kappa shape index (κ1) is 127. The molecule has 0 N–H and O–H groups in total. The van der Waals surface area contributed by atoms with Crippen LogP contribution in [0.4, 0.5) is 0 Å². The number of hydrogen-bond donors (Lipinski definition) is 0. The highest BCUT2D eigenvalue weighted by Gasteiger charge is 2.04. The van der Waals surface area contributed by atoms with Gasteiger partial charge in [-0.05, 0) is 187 Å². The predicted octanol–water partition coefficient (Wildman–Crippen LogP) is 38.0. The number of aryl methyl sites for hydroxylation is 12. The minimum Gasteiger partial charge on any atom is -0.192 e. The van der Waals surface area contributed by atoms with E-state index < -0.39 is 0 Å². The zero-order valence-electron chi connectivity index (χ0n) is 87.1. The number of nitriles is 6. The van der Waals surface area contributed by atoms with E-state index in [1.165, 1.54) is 94.6 Å². The molecule has 6 heteroatoms. The molecule has 136 heavy (non-hydrogen) atoms. The molecule has 16 rings (SSSR count). The van der Waals surface area contributed by atoms with Crippen molar-refractivity contribution in [3.8, 4) is 80.9 Å². The molecule has 0 aliphatic carbocycles. The monoisotopic (exact) mass is 1800 g/mol. The number of benzene rings is 16. The maximum absolute atomic E-state index is 8.63. The SMILES string of the molecule is CC.CC.CC.CC.CC.CC.CC.CC.Cc1ccc(C#N)c(C#N)c1.Cc1ccc(C#N)cc1.Cc1cccc(-c2ccccc2)c1.Cc1cccc(-c2ccccc2)c1.Cc1cccc(-c2ccccc2)c1.Cc1cccc(-c2ccccc2)c1.Cc1cccc(C#N)c1.Cc1cccc(C#N)c1C#N.Cc1ccccc1.Cc1ccccc1.Cc1ccccc1.Cc1ccccc1. The lowest BCUT2D eigenvalue weighted by Crippen LogP contribution is -1.86. The van der Waals surface area contributed by atoms with Gasteiger partial charge in [0, 0.05) is 0 Å². The average molecular weight is 1800 g/mol. The largest absolute Gasteiger partial charge is 0.192 e. The van der Waals surface area contributed by atoms with E-state index in [0.29, 0.717) is 22.3 Å². The fraction of sp³-hybridized carbons (Fsp3) is 0.215. The van der Waals surface area contributed by atoms with Crippen LogP contribution < -0.4 is 0 Å². The molecule has 0 heterocycles. The van der Waals surface area contributed by atoms with Crippen molar-refractivity contribution in [3.05, 3.63) is 525 Å². The summed E-state index contributed by atoms with van der Waals surface area (Å²) in [6.45, 7) is 56.5. The van der Waals surface area contributed by atoms with Crippen LogP contribution in [-0.2, 0) is 0 Å². The molecule has 0 aliphatic heterocycles. The van der Waals surface area contributed by atoms with Gasteiger partial charge in [0.1, 0.15) is 24.3 Å². The Labute approximate surface area is 825 Å². The third kappa shape index (κ3) is 61.2. The summed E-state index contributed by atoms with van der Waals surface area (Å²) in [6, 6.07) is 154. The third-order valence-corrected chi connectivity index (χ3v) is 17.5. The molecule has 704 valence electrons. The molecule has 0 bridgehead atoms. The van der Waals surface area contributed by atoms with Crippen LogP contribution in [0.1, 0.15) is 211 Å². The summed E-state index contributed by atoms with van der Waals surface area (Å²) in [5.74, 6) is 0. The Balaban J connectivity index is -0.000000693. The maximum Gasteiger partial charge on any atom is 0.101 e. The van der Waals surface area contributed by atoms with E-state index in [9.17, 15) is 0 Å². The lowest BCUT2D eigenvalue weighted by molar-refractivity contribution is 1.36. The van der Waals surface area contributed by atoms with Gasteiger partial charge in [0.25, 0.3) is 0 Å². The molecule has 16 aromatic rings. The lowest BCUT2D eigenvalue weighted by Gasteiger charge is -2.01. The molecule has 6 nitrogen and oxygen atoms in total. The highest BCUT2D eigenvalue weighted by Crippen LogP contribution is 2.24. The first-order chi connectivity index (χ1) is 66.2. The van der Waals surface area contributed by atoms with Crippen molar-refractivity contribution in [2.45, 2.75) is 194 Å². The minimum absolute atomic E-state index is 0.443. The van der Waals surface area contributed by atoms with Gasteiger partial charge in [0.15, 0.2) is 0 Å². The zero-order valence-corrected chi connectivity index (χ0v) is 87.1. The molecule has 0 saturated heterocycles. The van der Waals surface area contributed by atoms with Crippen LogP contribution in [0.15, 0.2) is 425 Å². The highest BCUT2D eigenvalue weighted by atomic mass is 14.3. The standard InChI is InChI=1S/4C13H12.2C9H6N2.2C8H7N.4C7H8.8C2H6/c4*1-11-6-5-9-13(10-11)12-7-3-2-4-8-12;1-7-2-3-8(5-10)9(4-7)6-11;1-7-3-2-4-8(5-10)9(7)6-11;1-7-2-4-8(6-9)5-3-7;1-7-3-2-4-8(5-7)6-9;4*1-7-5-3-2-4-6-7;8*1-2/h4*2-10H,1H3;2*2-4H,1H3;2*2-5H,1H3;4*2-6H,1H3;8*1-2H3. The molecule has 0 saturated carbocycles. The van der Waals surface area contributed by atoms with Gasteiger partial charge in [-0.1, -0.05) is 543 Å². The molecular formula is C130H154N6. The van der Waals surface area contributed by atoms with Crippen molar-refractivity contribution in [3.63, 3.8) is 0 Å². The fourth-order valence-corrected chi connectivity index (χ4v) is 11.1. The molecule has 0 fully saturated rings. The van der Waals surface area contributed by atoms with Crippen LogP contribution in [0.25, 0.3) is 44.5 Å². The first-order valence-corrected chi connectivity index (χ1v) is 47.5. The van der Waals surface area contributed by atoms with Crippen LogP contribution in [-0.4, -0.2) is 0 Å². The van der Waals surface area contributed by atoms with E-state index >= 15 is 0 Å². The molecule has 16 aromatic carbocycles. The van der Waals surface area contributed by atoms with Crippen LogP contribution in [0.2, 0.25) is 0 Å². The summed E-state index contributed by atoms with van der Waals surface area (Å²) in [5.41, 5.74) is 28.3. The quantitative estimate of drug-likeness (QED) is 0.172. The smallest absolute Gasteiger partial charge is 0.101 e. The Hall–Kier alpha value is -15.5. The number of hydrogen-bond acceptors (Lipinski definition) is 6. The van der Waals surface area contributed by atoms with E-state index in [4.69, 9.17) is 31.6 Å². The van der Waals surface area contributed by atoms with Crippen LogP contribution in [0, 0.1) is 151 Å². The van der Waals surface area contributed by atoms with Crippen LogP contribution in [0.5, 0.6) is 0 Å². The van der Waals surface area contributed by atoms with Gasteiger partial charge in [0.2, 0.25) is 0 Å². The molecule has 0 aromatic heterocycles. The van der Waals surface area contributed by atoms with Crippen molar-refractivity contribution < 1.29 is 0 Å². The van der Waals surface area contributed by atoms with Crippen molar-refractivity contribution in [1.82, 2.24) is 0 Å².